The van der Waals surface area contributed by atoms with Crippen LogP contribution in [0.1, 0.15) is 43.6 Å². The van der Waals surface area contributed by atoms with Crippen molar-refractivity contribution in [3.8, 4) is 5.69 Å². The van der Waals surface area contributed by atoms with Gasteiger partial charge in [0.25, 0.3) is 5.56 Å². The second-order valence-corrected chi connectivity index (χ2v) is 7.30. The number of nitrogens with zero attached hydrogens (tertiary/aromatic N) is 1. The van der Waals surface area contributed by atoms with Crippen LogP contribution in [0.5, 0.6) is 0 Å². The molecule has 0 bridgehead atoms. The fourth-order valence-corrected chi connectivity index (χ4v) is 4.00. The molecule has 0 aliphatic rings. The largest absolute Gasteiger partial charge is 0.323 e. The molecule has 0 aliphatic heterocycles. The van der Waals surface area contributed by atoms with E-state index in [1.165, 1.54) is 10.4 Å². The zero-order valence-electron chi connectivity index (χ0n) is 13.6. The molecule has 0 radical (unpaired) electrons. The fourth-order valence-electron chi connectivity index (χ4n) is 2.66. The maximum absolute atomic E-state index is 12.8. The number of thiophene rings is 1. The Hall–Kier alpha value is -1.72. The maximum Gasteiger partial charge on any atom is 0.267 e. The van der Waals surface area contributed by atoms with Gasteiger partial charge in [-0.2, -0.15) is 0 Å². The molecule has 0 saturated carbocycles. The number of fused-ring (bicyclic) bond motifs is 1. The minimum Gasteiger partial charge on any atom is -0.323 e. The molecular formula is C18H20N2OS2. The third-order valence-corrected chi connectivity index (χ3v) is 5.80. The van der Waals surface area contributed by atoms with Gasteiger partial charge in [0.15, 0.2) is 4.77 Å². The van der Waals surface area contributed by atoms with Gasteiger partial charge in [-0.15, -0.1) is 11.3 Å². The standard InChI is InChI=1S/C18H20N2OS2/c1-4-11(3)12-6-8-13(9-7-12)20-17(21)15-10-14(5-2)23-16(15)19-18(20)22/h6-11H,4-5H2,1-3H3,(H,19,22). The van der Waals surface area contributed by atoms with E-state index in [1.54, 1.807) is 15.9 Å². The number of hydrogen-bond acceptors (Lipinski definition) is 3. The lowest BCUT2D eigenvalue weighted by atomic mass is 9.99. The highest BCUT2D eigenvalue weighted by Crippen LogP contribution is 2.23. The number of nitrogens with one attached hydrogen (secondary N) is 1. The molecule has 3 aromatic rings. The molecule has 0 saturated heterocycles. The lowest BCUT2D eigenvalue weighted by Gasteiger charge is -2.11. The van der Waals surface area contributed by atoms with Crippen molar-refractivity contribution in [3.05, 3.63) is 55.9 Å². The first-order valence-corrected chi connectivity index (χ1v) is 9.15. The number of hydrogen-bond donors (Lipinski definition) is 1. The zero-order valence-corrected chi connectivity index (χ0v) is 15.2. The normalized spacial score (nSPS) is 12.7. The van der Waals surface area contributed by atoms with Crippen LogP contribution < -0.4 is 5.56 Å². The monoisotopic (exact) mass is 344 g/mol. The smallest absolute Gasteiger partial charge is 0.267 e. The molecule has 23 heavy (non-hydrogen) atoms. The molecule has 3 nitrogen and oxygen atoms in total. The Morgan fingerprint density at radius 3 is 2.57 bits per heavy atom. The van der Waals surface area contributed by atoms with E-state index in [4.69, 9.17) is 12.2 Å². The quantitative estimate of drug-likeness (QED) is 0.662. The average Bonchev–Trinajstić information content (AvgIpc) is 2.98. The number of rotatable bonds is 4. The van der Waals surface area contributed by atoms with Gasteiger partial charge in [-0.1, -0.05) is 32.9 Å². The first-order chi connectivity index (χ1) is 11.0. The van der Waals surface area contributed by atoms with E-state index in [0.717, 1.165) is 23.4 Å². The molecule has 1 atom stereocenters. The summed E-state index contributed by atoms with van der Waals surface area (Å²) in [5, 5.41) is 0.714. The summed E-state index contributed by atoms with van der Waals surface area (Å²) in [7, 11) is 0. The van der Waals surface area contributed by atoms with Gasteiger partial charge in [0.05, 0.1) is 11.1 Å². The Bertz CT molecular complexity index is 948. The van der Waals surface area contributed by atoms with E-state index in [2.05, 4.69) is 37.9 Å². The Kier molecular flexibility index (Phi) is 4.50. The Labute approximate surface area is 144 Å². The molecule has 5 heteroatoms. The van der Waals surface area contributed by atoms with E-state index in [-0.39, 0.29) is 5.56 Å². The number of aromatic amines is 1. The Balaban J connectivity index is 2.16. The second kappa shape index (κ2) is 6.42. The van der Waals surface area contributed by atoms with Crippen LogP contribution in [0, 0.1) is 4.77 Å². The van der Waals surface area contributed by atoms with Gasteiger partial charge in [0.1, 0.15) is 4.83 Å². The molecule has 1 N–H and O–H groups in total. The van der Waals surface area contributed by atoms with Crippen LogP contribution in [0.25, 0.3) is 15.9 Å². The molecule has 0 aliphatic carbocycles. The van der Waals surface area contributed by atoms with Gasteiger partial charge in [-0.05, 0) is 54.7 Å². The highest BCUT2D eigenvalue weighted by Gasteiger charge is 2.11. The highest BCUT2D eigenvalue weighted by molar-refractivity contribution is 7.71. The average molecular weight is 345 g/mol. The molecule has 1 unspecified atom stereocenters. The predicted molar refractivity (Wildman–Crippen MR) is 101 cm³/mol. The van der Waals surface area contributed by atoms with Crippen molar-refractivity contribution in [2.24, 2.45) is 0 Å². The summed E-state index contributed by atoms with van der Waals surface area (Å²) in [4.78, 5) is 18.1. The minimum absolute atomic E-state index is 0.0454. The van der Waals surface area contributed by atoms with Gasteiger partial charge in [-0.25, -0.2) is 0 Å². The molecule has 0 amide bonds. The lowest BCUT2D eigenvalue weighted by molar-refractivity contribution is 0.733. The second-order valence-electron chi connectivity index (χ2n) is 5.78. The van der Waals surface area contributed by atoms with Crippen LogP contribution >= 0.6 is 23.6 Å². The fraction of sp³-hybridized carbons (Fsp3) is 0.333. The van der Waals surface area contributed by atoms with Crippen molar-refractivity contribution in [2.75, 3.05) is 0 Å². The first-order valence-electron chi connectivity index (χ1n) is 7.93. The van der Waals surface area contributed by atoms with Crippen molar-refractivity contribution in [2.45, 2.75) is 39.5 Å². The predicted octanol–water partition coefficient (Wildman–Crippen LogP) is 5.19. The van der Waals surface area contributed by atoms with Crippen molar-refractivity contribution >= 4 is 33.8 Å². The molecular weight excluding hydrogens is 324 g/mol. The number of benzene rings is 1. The maximum atomic E-state index is 12.8. The van der Waals surface area contributed by atoms with E-state index in [1.807, 2.05) is 18.2 Å². The van der Waals surface area contributed by atoms with Gasteiger partial charge >= 0.3 is 0 Å². The van der Waals surface area contributed by atoms with E-state index >= 15 is 0 Å². The third kappa shape index (κ3) is 2.91. The van der Waals surface area contributed by atoms with Crippen LogP contribution in [-0.4, -0.2) is 9.55 Å². The van der Waals surface area contributed by atoms with Crippen LogP contribution in [-0.2, 0) is 6.42 Å². The van der Waals surface area contributed by atoms with Gasteiger partial charge in [0.2, 0.25) is 0 Å². The number of aromatic nitrogens is 2. The molecule has 0 fully saturated rings. The molecule has 0 spiro atoms. The van der Waals surface area contributed by atoms with E-state index in [9.17, 15) is 4.79 Å². The summed E-state index contributed by atoms with van der Waals surface area (Å²) >= 11 is 7.02. The first kappa shape index (κ1) is 16.1. The number of aryl methyl sites for hydroxylation is 1. The van der Waals surface area contributed by atoms with Crippen LogP contribution in [0.3, 0.4) is 0 Å². The summed E-state index contributed by atoms with van der Waals surface area (Å²) in [6.07, 6.45) is 2.02. The van der Waals surface area contributed by atoms with Gasteiger partial charge in [0, 0.05) is 4.88 Å². The summed E-state index contributed by atoms with van der Waals surface area (Å²) in [6, 6.07) is 10.1. The highest BCUT2D eigenvalue weighted by atomic mass is 32.1. The summed E-state index contributed by atoms with van der Waals surface area (Å²) in [6.45, 7) is 6.47. The molecule has 120 valence electrons. The molecule has 1 aromatic carbocycles. The molecule has 2 heterocycles. The van der Waals surface area contributed by atoms with Crippen molar-refractivity contribution in [1.29, 1.82) is 0 Å². The summed E-state index contributed by atoms with van der Waals surface area (Å²) in [5.74, 6) is 0.516. The van der Waals surface area contributed by atoms with Crippen LogP contribution in [0.2, 0.25) is 0 Å². The van der Waals surface area contributed by atoms with Gasteiger partial charge in [-0.3, -0.25) is 9.36 Å². The van der Waals surface area contributed by atoms with Gasteiger partial charge < -0.3 is 4.98 Å². The van der Waals surface area contributed by atoms with Crippen molar-refractivity contribution in [3.63, 3.8) is 0 Å². The van der Waals surface area contributed by atoms with Crippen molar-refractivity contribution in [1.82, 2.24) is 9.55 Å². The lowest BCUT2D eigenvalue weighted by Crippen LogP contribution is -2.19. The molecule has 3 rings (SSSR count). The zero-order chi connectivity index (χ0) is 16.6. The SMILES string of the molecule is CCc1cc2c(=O)n(-c3ccc(C(C)CC)cc3)c(=S)[nH]c2s1. The van der Waals surface area contributed by atoms with Crippen molar-refractivity contribution < 1.29 is 0 Å². The topological polar surface area (TPSA) is 37.8 Å². The molecule has 2 aromatic heterocycles. The van der Waals surface area contributed by atoms with E-state index < -0.39 is 0 Å². The Morgan fingerprint density at radius 1 is 1.26 bits per heavy atom. The summed E-state index contributed by atoms with van der Waals surface area (Å²) in [5.41, 5.74) is 2.05. The number of H-pyrrole nitrogens is 1. The minimum atomic E-state index is -0.0454. The Morgan fingerprint density at radius 2 is 1.96 bits per heavy atom. The van der Waals surface area contributed by atoms with Crippen LogP contribution in [0.15, 0.2) is 35.1 Å². The summed E-state index contributed by atoms with van der Waals surface area (Å²) < 4.78 is 2.04. The third-order valence-electron chi connectivity index (χ3n) is 4.32. The van der Waals surface area contributed by atoms with Crippen LogP contribution in [0.4, 0.5) is 0 Å². The van der Waals surface area contributed by atoms with E-state index in [0.29, 0.717) is 16.1 Å².